The number of carbonyl (C=O) groups is 2. The van der Waals surface area contributed by atoms with E-state index in [0.29, 0.717) is 28.6 Å². The third-order valence-electron chi connectivity index (χ3n) is 3.68. The number of primary amides is 1. The minimum absolute atomic E-state index is 0.354. The lowest BCUT2D eigenvalue weighted by molar-refractivity contribution is -0.118. The predicted molar refractivity (Wildman–Crippen MR) is 103 cm³/mol. The summed E-state index contributed by atoms with van der Waals surface area (Å²) in [5.74, 6) is 0.573. The van der Waals surface area contributed by atoms with E-state index >= 15 is 0 Å². The molecule has 2 rings (SSSR count). The molecule has 3 amide bonds. The van der Waals surface area contributed by atoms with Crippen molar-refractivity contribution in [2.75, 3.05) is 5.32 Å². The minimum atomic E-state index is -0.734. The number of amides is 3. The first kappa shape index (κ1) is 19.6. The van der Waals surface area contributed by atoms with Gasteiger partial charge in [0.25, 0.3) is 0 Å². The average molecular weight is 376 g/mol. The number of nitrogens with two attached hydrogens (primary N) is 1. The van der Waals surface area contributed by atoms with Crippen LogP contribution in [0.4, 0.5) is 10.5 Å². The quantitative estimate of drug-likeness (QED) is 0.642. The van der Waals surface area contributed by atoms with Gasteiger partial charge in [-0.1, -0.05) is 55.6 Å². The number of anilines is 1. The van der Waals surface area contributed by atoms with Crippen LogP contribution in [0, 0.1) is 0 Å². The number of rotatable bonds is 8. The largest absolute Gasteiger partial charge is 0.454 e. The third-order valence-corrected chi connectivity index (χ3v) is 3.99. The Morgan fingerprint density at radius 1 is 1.12 bits per heavy atom. The SMILES string of the molecule is CCCCC(NC(N)=O)C(=O)Nc1ccccc1Oc1ccccc1Cl. The maximum Gasteiger partial charge on any atom is 0.312 e. The molecule has 7 heteroatoms. The molecule has 0 radical (unpaired) electrons. The molecule has 6 nitrogen and oxygen atoms in total. The number of carbonyl (C=O) groups excluding carboxylic acids is 2. The number of benzene rings is 2. The highest BCUT2D eigenvalue weighted by atomic mass is 35.5. The lowest BCUT2D eigenvalue weighted by Gasteiger charge is -2.18. The number of urea groups is 1. The van der Waals surface area contributed by atoms with E-state index in [9.17, 15) is 9.59 Å². The highest BCUT2D eigenvalue weighted by Crippen LogP contribution is 2.33. The average Bonchev–Trinajstić information content (AvgIpc) is 2.61. The number of ether oxygens (including phenoxy) is 1. The van der Waals surface area contributed by atoms with Gasteiger partial charge in [-0.15, -0.1) is 0 Å². The van der Waals surface area contributed by atoms with E-state index in [-0.39, 0.29) is 5.91 Å². The van der Waals surface area contributed by atoms with Gasteiger partial charge in [-0.05, 0) is 30.7 Å². The molecule has 0 fully saturated rings. The van der Waals surface area contributed by atoms with Gasteiger partial charge in [-0.2, -0.15) is 0 Å². The molecular weight excluding hydrogens is 354 g/mol. The molecule has 1 unspecified atom stereocenters. The van der Waals surface area contributed by atoms with Crippen molar-refractivity contribution in [2.45, 2.75) is 32.2 Å². The summed E-state index contributed by atoms with van der Waals surface area (Å²) in [5.41, 5.74) is 5.65. The molecule has 0 bridgehead atoms. The van der Waals surface area contributed by atoms with Crippen LogP contribution >= 0.6 is 11.6 Å². The van der Waals surface area contributed by atoms with Crippen LogP contribution < -0.4 is 21.1 Å². The van der Waals surface area contributed by atoms with Gasteiger partial charge in [-0.3, -0.25) is 4.79 Å². The van der Waals surface area contributed by atoms with Crippen LogP contribution in [0.15, 0.2) is 48.5 Å². The first-order valence-electron chi connectivity index (χ1n) is 8.39. The van der Waals surface area contributed by atoms with Gasteiger partial charge >= 0.3 is 6.03 Å². The summed E-state index contributed by atoms with van der Waals surface area (Å²) in [4.78, 5) is 23.7. The van der Waals surface area contributed by atoms with Crippen molar-refractivity contribution in [1.82, 2.24) is 5.32 Å². The second-order valence-electron chi connectivity index (χ2n) is 5.72. The van der Waals surface area contributed by atoms with Gasteiger partial charge in [0, 0.05) is 0 Å². The third kappa shape index (κ3) is 5.67. The van der Waals surface area contributed by atoms with Gasteiger partial charge in [0.05, 0.1) is 10.7 Å². The van der Waals surface area contributed by atoms with Crippen LogP contribution in [0.25, 0.3) is 0 Å². The van der Waals surface area contributed by atoms with Crippen molar-refractivity contribution in [2.24, 2.45) is 5.73 Å². The van der Waals surface area contributed by atoms with Crippen LogP contribution in [0.3, 0.4) is 0 Å². The molecule has 2 aromatic rings. The Balaban J connectivity index is 2.16. The zero-order valence-corrected chi connectivity index (χ0v) is 15.3. The van der Waals surface area contributed by atoms with Crippen LogP contribution in [0.5, 0.6) is 11.5 Å². The molecule has 26 heavy (non-hydrogen) atoms. The van der Waals surface area contributed by atoms with E-state index in [1.807, 2.05) is 6.92 Å². The fourth-order valence-corrected chi connectivity index (χ4v) is 2.55. The second-order valence-corrected chi connectivity index (χ2v) is 6.13. The molecule has 1 atom stereocenters. The molecule has 0 aliphatic rings. The van der Waals surface area contributed by atoms with Crippen LogP contribution in [0.2, 0.25) is 5.02 Å². The molecule has 0 aliphatic carbocycles. The van der Waals surface area contributed by atoms with Gasteiger partial charge in [0.2, 0.25) is 5.91 Å². The first-order valence-corrected chi connectivity index (χ1v) is 8.77. The van der Waals surface area contributed by atoms with Crippen molar-refractivity contribution >= 4 is 29.2 Å². The Morgan fingerprint density at radius 2 is 1.77 bits per heavy atom. The number of para-hydroxylation sites is 3. The first-order chi connectivity index (χ1) is 12.5. The molecule has 0 saturated heterocycles. The molecule has 138 valence electrons. The van der Waals surface area contributed by atoms with E-state index in [4.69, 9.17) is 22.1 Å². The highest BCUT2D eigenvalue weighted by Gasteiger charge is 2.20. The molecule has 0 saturated carbocycles. The van der Waals surface area contributed by atoms with Crippen LogP contribution in [0.1, 0.15) is 26.2 Å². The van der Waals surface area contributed by atoms with E-state index in [0.717, 1.165) is 12.8 Å². The van der Waals surface area contributed by atoms with Crippen molar-refractivity contribution in [3.8, 4) is 11.5 Å². The second kappa shape index (κ2) is 9.68. The highest BCUT2D eigenvalue weighted by molar-refractivity contribution is 6.32. The summed E-state index contributed by atoms with van der Waals surface area (Å²) in [6.07, 6.45) is 2.19. The lowest BCUT2D eigenvalue weighted by atomic mass is 10.1. The molecule has 4 N–H and O–H groups in total. The molecule has 0 heterocycles. The Bertz CT molecular complexity index is 767. The Hall–Kier alpha value is -2.73. The maximum atomic E-state index is 12.6. The normalized spacial score (nSPS) is 11.5. The number of nitrogens with one attached hydrogen (secondary N) is 2. The van der Waals surface area contributed by atoms with Gasteiger partial charge in [-0.25, -0.2) is 4.79 Å². The summed E-state index contributed by atoms with van der Waals surface area (Å²) < 4.78 is 5.82. The van der Waals surface area contributed by atoms with Crippen molar-refractivity contribution in [3.63, 3.8) is 0 Å². The smallest absolute Gasteiger partial charge is 0.312 e. The lowest BCUT2D eigenvalue weighted by Crippen LogP contribution is -2.46. The molecule has 0 aromatic heterocycles. The maximum absolute atomic E-state index is 12.6. The number of hydrogen-bond donors (Lipinski definition) is 3. The van der Waals surface area contributed by atoms with E-state index in [1.165, 1.54) is 0 Å². The summed E-state index contributed by atoms with van der Waals surface area (Å²) in [7, 11) is 0. The molecule has 0 aliphatic heterocycles. The zero-order valence-electron chi connectivity index (χ0n) is 14.5. The van der Waals surface area contributed by atoms with E-state index in [2.05, 4.69) is 10.6 Å². The van der Waals surface area contributed by atoms with Crippen LogP contribution in [-0.2, 0) is 4.79 Å². The molecule has 2 aromatic carbocycles. The summed E-state index contributed by atoms with van der Waals surface area (Å²) >= 11 is 6.12. The monoisotopic (exact) mass is 375 g/mol. The van der Waals surface area contributed by atoms with Gasteiger partial charge in [0.15, 0.2) is 5.75 Å². The number of hydrogen-bond acceptors (Lipinski definition) is 3. The molecular formula is C19H22ClN3O3. The number of halogens is 1. The summed E-state index contributed by atoms with van der Waals surface area (Å²) in [6.45, 7) is 2.01. The van der Waals surface area contributed by atoms with Crippen molar-refractivity contribution in [3.05, 3.63) is 53.6 Å². The summed E-state index contributed by atoms with van der Waals surface area (Å²) in [6, 6.07) is 12.6. The fourth-order valence-electron chi connectivity index (χ4n) is 2.37. The predicted octanol–water partition coefficient (Wildman–Crippen LogP) is 4.30. The Morgan fingerprint density at radius 3 is 2.42 bits per heavy atom. The minimum Gasteiger partial charge on any atom is -0.454 e. The number of unbranched alkanes of at least 4 members (excludes halogenated alkanes) is 1. The van der Waals surface area contributed by atoms with Gasteiger partial charge in [0.1, 0.15) is 11.8 Å². The zero-order chi connectivity index (χ0) is 18.9. The summed E-state index contributed by atoms with van der Waals surface area (Å²) in [5, 5.41) is 5.73. The van der Waals surface area contributed by atoms with Crippen molar-refractivity contribution in [1.29, 1.82) is 0 Å². The van der Waals surface area contributed by atoms with Crippen LogP contribution in [-0.4, -0.2) is 18.0 Å². The van der Waals surface area contributed by atoms with Gasteiger partial charge < -0.3 is 21.1 Å². The van der Waals surface area contributed by atoms with E-state index < -0.39 is 12.1 Å². The van der Waals surface area contributed by atoms with E-state index in [1.54, 1.807) is 48.5 Å². The Kier molecular flexibility index (Phi) is 7.29. The Labute approximate surface area is 157 Å². The molecule has 0 spiro atoms. The van der Waals surface area contributed by atoms with Crippen molar-refractivity contribution < 1.29 is 14.3 Å². The fraction of sp³-hybridized carbons (Fsp3) is 0.263. The topological polar surface area (TPSA) is 93.5 Å². The standard InChI is InChI=1S/C19H22ClN3O3/c1-2-3-9-15(23-19(21)25)18(24)22-14-10-5-7-12-17(14)26-16-11-6-4-8-13(16)20/h4-8,10-12,15H,2-3,9H2,1H3,(H,22,24)(H3,21,23,25).